The zero-order chi connectivity index (χ0) is 17.1. The van der Waals surface area contributed by atoms with E-state index in [0.29, 0.717) is 19.2 Å². The highest BCUT2D eigenvalue weighted by atomic mass is 16.5. The fourth-order valence-corrected chi connectivity index (χ4v) is 3.65. The van der Waals surface area contributed by atoms with E-state index in [0.717, 1.165) is 42.1 Å². The van der Waals surface area contributed by atoms with Crippen LogP contribution in [0.3, 0.4) is 0 Å². The van der Waals surface area contributed by atoms with Crippen LogP contribution in [0.15, 0.2) is 24.3 Å². The van der Waals surface area contributed by atoms with Gasteiger partial charge in [-0.2, -0.15) is 5.10 Å². The van der Waals surface area contributed by atoms with Crippen LogP contribution in [0.1, 0.15) is 41.4 Å². The highest BCUT2D eigenvalue weighted by Crippen LogP contribution is 2.34. The van der Waals surface area contributed by atoms with Crippen LogP contribution in [0, 0.1) is 20.8 Å². The van der Waals surface area contributed by atoms with Crippen molar-refractivity contribution in [2.24, 2.45) is 0 Å². The third kappa shape index (κ3) is 3.62. The van der Waals surface area contributed by atoms with Crippen molar-refractivity contribution in [1.29, 1.82) is 0 Å². The van der Waals surface area contributed by atoms with Crippen LogP contribution in [0.5, 0.6) is 5.75 Å². The van der Waals surface area contributed by atoms with Gasteiger partial charge in [-0.3, -0.25) is 10.00 Å². The lowest BCUT2D eigenvalue weighted by atomic mass is 10.0. The summed E-state index contributed by atoms with van der Waals surface area (Å²) in [6.07, 6.45) is 1.77. The molecule has 0 amide bonds. The average Bonchev–Trinajstić information content (AvgIpc) is 3.13. The van der Waals surface area contributed by atoms with Gasteiger partial charge in [0.1, 0.15) is 18.5 Å². The Morgan fingerprint density at radius 3 is 2.83 bits per heavy atom. The molecule has 2 atom stereocenters. The number of hydrogen-bond acceptors (Lipinski definition) is 4. The van der Waals surface area contributed by atoms with Crippen LogP contribution in [0.4, 0.5) is 0 Å². The molecular formula is C19H27N3O2. The zero-order valence-electron chi connectivity index (χ0n) is 14.7. The highest BCUT2D eigenvalue weighted by molar-refractivity contribution is 5.31. The maximum absolute atomic E-state index is 10.4. The van der Waals surface area contributed by atoms with Gasteiger partial charge in [0, 0.05) is 23.8 Å². The molecule has 2 aromatic rings. The first-order valence-corrected chi connectivity index (χ1v) is 8.68. The van der Waals surface area contributed by atoms with E-state index in [2.05, 4.69) is 22.0 Å². The van der Waals surface area contributed by atoms with Gasteiger partial charge in [0.2, 0.25) is 0 Å². The molecule has 5 nitrogen and oxygen atoms in total. The van der Waals surface area contributed by atoms with Gasteiger partial charge < -0.3 is 9.84 Å². The van der Waals surface area contributed by atoms with Crippen LogP contribution < -0.4 is 4.74 Å². The Balaban J connectivity index is 1.59. The lowest BCUT2D eigenvalue weighted by Gasteiger charge is -2.27. The standard InChI is InChI=1S/C19H27N3O2/c1-13-7-4-5-9-18(13)24-12-16(23)11-22-10-6-8-17(22)19-14(2)20-21-15(19)3/h4-5,7,9,16-17,23H,6,8,10-12H2,1-3H3,(H,20,21). The number of aromatic amines is 1. The number of ether oxygens (including phenoxy) is 1. The number of aromatic nitrogens is 2. The molecule has 1 aliphatic heterocycles. The molecule has 0 spiro atoms. The predicted octanol–water partition coefficient (Wildman–Crippen LogP) is 2.91. The topological polar surface area (TPSA) is 61.4 Å². The van der Waals surface area contributed by atoms with E-state index in [4.69, 9.17) is 4.74 Å². The largest absolute Gasteiger partial charge is 0.491 e. The molecule has 1 aliphatic rings. The van der Waals surface area contributed by atoms with Crippen molar-refractivity contribution >= 4 is 0 Å². The number of nitrogens with zero attached hydrogens (tertiary/aromatic N) is 2. The van der Waals surface area contributed by atoms with Crippen molar-refractivity contribution in [2.75, 3.05) is 19.7 Å². The maximum Gasteiger partial charge on any atom is 0.122 e. The Bertz CT molecular complexity index is 664. The first-order chi connectivity index (χ1) is 11.6. The molecule has 1 aromatic carbocycles. The minimum Gasteiger partial charge on any atom is -0.491 e. The SMILES string of the molecule is Cc1ccccc1OCC(O)CN1CCCC1c1c(C)n[nH]c1C. The molecule has 2 N–H and O–H groups in total. The molecule has 130 valence electrons. The lowest BCUT2D eigenvalue weighted by Crippen LogP contribution is -2.35. The number of rotatable bonds is 6. The van der Waals surface area contributed by atoms with Crippen LogP contribution in [-0.4, -0.2) is 46.0 Å². The summed E-state index contributed by atoms with van der Waals surface area (Å²) in [6.45, 7) is 8.09. The summed E-state index contributed by atoms with van der Waals surface area (Å²) in [5.41, 5.74) is 4.58. The summed E-state index contributed by atoms with van der Waals surface area (Å²) < 4.78 is 5.79. The minimum atomic E-state index is -0.502. The number of nitrogens with one attached hydrogen (secondary N) is 1. The summed E-state index contributed by atoms with van der Waals surface area (Å²) in [6, 6.07) is 8.25. The number of para-hydroxylation sites is 1. The molecule has 0 aliphatic carbocycles. The Labute approximate surface area is 143 Å². The fourth-order valence-electron chi connectivity index (χ4n) is 3.65. The Morgan fingerprint density at radius 2 is 2.12 bits per heavy atom. The molecule has 5 heteroatoms. The highest BCUT2D eigenvalue weighted by Gasteiger charge is 2.30. The van der Waals surface area contributed by atoms with E-state index in [1.807, 2.05) is 38.1 Å². The van der Waals surface area contributed by atoms with Crippen LogP contribution in [-0.2, 0) is 0 Å². The van der Waals surface area contributed by atoms with Gasteiger partial charge >= 0.3 is 0 Å². The van der Waals surface area contributed by atoms with E-state index in [1.165, 1.54) is 5.56 Å². The molecule has 1 fully saturated rings. The van der Waals surface area contributed by atoms with E-state index in [1.54, 1.807) is 0 Å². The zero-order valence-corrected chi connectivity index (χ0v) is 14.7. The molecule has 0 radical (unpaired) electrons. The number of aliphatic hydroxyl groups excluding tert-OH is 1. The maximum atomic E-state index is 10.4. The predicted molar refractivity (Wildman–Crippen MR) is 94.3 cm³/mol. The van der Waals surface area contributed by atoms with E-state index < -0.39 is 6.10 Å². The summed E-state index contributed by atoms with van der Waals surface area (Å²) in [5.74, 6) is 0.844. The van der Waals surface area contributed by atoms with Gasteiger partial charge in [0.25, 0.3) is 0 Å². The summed E-state index contributed by atoms with van der Waals surface area (Å²) >= 11 is 0. The second-order valence-corrected chi connectivity index (χ2v) is 6.73. The molecule has 0 saturated carbocycles. The first-order valence-electron chi connectivity index (χ1n) is 8.68. The molecule has 24 heavy (non-hydrogen) atoms. The molecule has 0 bridgehead atoms. The van der Waals surface area contributed by atoms with Crippen molar-refractivity contribution in [2.45, 2.75) is 45.8 Å². The smallest absolute Gasteiger partial charge is 0.122 e. The van der Waals surface area contributed by atoms with E-state index in [-0.39, 0.29) is 0 Å². The lowest BCUT2D eigenvalue weighted by molar-refractivity contribution is 0.0635. The van der Waals surface area contributed by atoms with Gasteiger partial charge in [-0.15, -0.1) is 0 Å². The Morgan fingerprint density at radius 1 is 1.33 bits per heavy atom. The molecule has 1 saturated heterocycles. The van der Waals surface area contributed by atoms with Gasteiger partial charge in [0.15, 0.2) is 0 Å². The van der Waals surface area contributed by atoms with Gasteiger partial charge in [-0.1, -0.05) is 18.2 Å². The monoisotopic (exact) mass is 329 g/mol. The summed E-state index contributed by atoms with van der Waals surface area (Å²) in [7, 11) is 0. The van der Waals surface area contributed by atoms with Crippen molar-refractivity contribution in [1.82, 2.24) is 15.1 Å². The average molecular weight is 329 g/mol. The van der Waals surface area contributed by atoms with Crippen LogP contribution in [0.25, 0.3) is 0 Å². The number of β-amino-alcohol motifs (C(OH)–C–C–N with tert-alkyl or cyclic N) is 1. The number of hydrogen-bond donors (Lipinski definition) is 2. The van der Waals surface area contributed by atoms with E-state index >= 15 is 0 Å². The third-order valence-electron chi connectivity index (χ3n) is 4.85. The quantitative estimate of drug-likeness (QED) is 0.855. The minimum absolute atomic E-state index is 0.317. The van der Waals surface area contributed by atoms with Gasteiger partial charge in [0.05, 0.1) is 5.69 Å². The van der Waals surface area contributed by atoms with Gasteiger partial charge in [-0.05, 0) is 51.8 Å². The van der Waals surface area contributed by atoms with Crippen molar-refractivity contribution in [3.63, 3.8) is 0 Å². The van der Waals surface area contributed by atoms with Crippen molar-refractivity contribution in [3.8, 4) is 5.75 Å². The van der Waals surface area contributed by atoms with Crippen LogP contribution in [0.2, 0.25) is 0 Å². The Hall–Kier alpha value is -1.85. The summed E-state index contributed by atoms with van der Waals surface area (Å²) in [4.78, 5) is 2.36. The number of benzene rings is 1. The third-order valence-corrected chi connectivity index (χ3v) is 4.85. The Kier molecular flexibility index (Phi) is 5.21. The van der Waals surface area contributed by atoms with Crippen molar-refractivity contribution < 1.29 is 9.84 Å². The second-order valence-electron chi connectivity index (χ2n) is 6.73. The molecule has 3 rings (SSSR count). The molecular weight excluding hydrogens is 302 g/mol. The first kappa shape index (κ1) is 17.0. The number of aryl methyl sites for hydroxylation is 3. The molecule has 2 unspecified atom stereocenters. The second kappa shape index (κ2) is 7.36. The van der Waals surface area contributed by atoms with Crippen LogP contribution >= 0.6 is 0 Å². The number of H-pyrrole nitrogens is 1. The van der Waals surface area contributed by atoms with Crippen molar-refractivity contribution in [3.05, 3.63) is 46.8 Å². The normalized spacial score (nSPS) is 19.6. The molecule has 1 aromatic heterocycles. The van der Waals surface area contributed by atoms with Gasteiger partial charge in [-0.25, -0.2) is 0 Å². The van der Waals surface area contributed by atoms with E-state index in [9.17, 15) is 5.11 Å². The molecule has 2 heterocycles. The summed E-state index contributed by atoms with van der Waals surface area (Å²) in [5, 5.41) is 17.8. The number of likely N-dealkylation sites (tertiary alicyclic amines) is 1. The fraction of sp³-hybridized carbons (Fsp3) is 0.526. The number of aliphatic hydroxyl groups is 1.